The zero-order valence-electron chi connectivity index (χ0n) is 9.49. The second-order valence-corrected chi connectivity index (χ2v) is 3.71. The first-order valence-corrected chi connectivity index (χ1v) is 5.24. The summed E-state index contributed by atoms with van der Waals surface area (Å²) in [6, 6.07) is 3.72. The average Bonchev–Trinajstić information content (AvgIpc) is 2.36. The molecule has 0 unspecified atom stereocenters. The van der Waals surface area contributed by atoms with Gasteiger partial charge in [0, 0.05) is 13.6 Å². The van der Waals surface area contributed by atoms with Crippen LogP contribution in [0.3, 0.4) is 0 Å². The Kier molecular flexibility index (Phi) is 3.17. The van der Waals surface area contributed by atoms with Gasteiger partial charge in [-0.3, -0.25) is 9.63 Å². The van der Waals surface area contributed by atoms with E-state index in [2.05, 4.69) is 10.3 Å². The minimum Gasteiger partial charge on any atom is -0.311 e. The Morgan fingerprint density at radius 2 is 2.38 bits per heavy atom. The number of pyridine rings is 1. The van der Waals surface area contributed by atoms with Gasteiger partial charge < -0.3 is 5.32 Å². The van der Waals surface area contributed by atoms with Gasteiger partial charge in [0.05, 0.1) is 12.8 Å². The van der Waals surface area contributed by atoms with Gasteiger partial charge in [-0.15, -0.1) is 0 Å². The molecule has 2 rings (SSSR count). The number of nitrogens with zero attached hydrogens (tertiary/aromatic N) is 2. The maximum absolute atomic E-state index is 11.8. The molecule has 0 saturated carbocycles. The van der Waals surface area contributed by atoms with Gasteiger partial charge in [0.15, 0.2) is 0 Å². The van der Waals surface area contributed by atoms with E-state index in [1.54, 1.807) is 13.1 Å². The van der Waals surface area contributed by atoms with Crippen molar-refractivity contribution in [3.8, 4) is 0 Å². The number of fused-ring (bicyclic) bond motifs is 1. The molecule has 1 amide bonds. The van der Waals surface area contributed by atoms with Gasteiger partial charge in [0.1, 0.15) is 5.69 Å². The second-order valence-electron chi connectivity index (χ2n) is 3.71. The smallest absolute Gasteiger partial charge is 0.295 e. The van der Waals surface area contributed by atoms with Crippen molar-refractivity contribution >= 4 is 5.91 Å². The standard InChI is InChI=1S/C11H15N3O2/c1-14(16-2)11(15)9-4-3-8-5-6-12-7-10(8)13-9/h3-4,12H,5-7H2,1-2H3. The third-order valence-corrected chi connectivity index (χ3v) is 2.71. The van der Waals surface area contributed by atoms with Gasteiger partial charge in [-0.2, -0.15) is 0 Å². The number of hydrogen-bond donors (Lipinski definition) is 1. The molecule has 2 heterocycles. The lowest BCUT2D eigenvalue weighted by atomic mass is 10.1. The maximum Gasteiger partial charge on any atom is 0.295 e. The molecule has 0 aromatic carbocycles. The Morgan fingerprint density at radius 3 is 3.12 bits per heavy atom. The summed E-state index contributed by atoms with van der Waals surface area (Å²) in [5, 5.41) is 4.40. The molecule has 0 radical (unpaired) electrons. The minimum atomic E-state index is -0.226. The van der Waals surface area contributed by atoms with Crippen LogP contribution in [0.15, 0.2) is 12.1 Å². The summed E-state index contributed by atoms with van der Waals surface area (Å²) in [5.74, 6) is -0.226. The summed E-state index contributed by atoms with van der Waals surface area (Å²) in [6.07, 6.45) is 0.969. The van der Waals surface area contributed by atoms with Crippen molar-refractivity contribution in [2.24, 2.45) is 0 Å². The summed E-state index contributed by atoms with van der Waals surface area (Å²) in [5.41, 5.74) is 2.60. The molecule has 1 aliphatic rings. The van der Waals surface area contributed by atoms with Crippen LogP contribution in [0.1, 0.15) is 21.7 Å². The molecule has 0 atom stereocenters. The number of carbonyl (C=O) groups excluding carboxylic acids is 1. The number of hydrogen-bond acceptors (Lipinski definition) is 4. The zero-order chi connectivity index (χ0) is 11.5. The highest BCUT2D eigenvalue weighted by Crippen LogP contribution is 2.13. The Morgan fingerprint density at radius 1 is 1.56 bits per heavy atom. The molecule has 86 valence electrons. The quantitative estimate of drug-likeness (QED) is 0.733. The Balaban J connectivity index is 2.26. The lowest BCUT2D eigenvalue weighted by Crippen LogP contribution is -2.29. The SMILES string of the molecule is CON(C)C(=O)c1ccc2c(n1)CNCC2. The topological polar surface area (TPSA) is 54.5 Å². The van der Waals surface area contributed by atoms with Crippen LogP contribution in [-0.2, 0) is 17.8 Å². The van der Waals surface area contributed by atoms with Gasteiger partial charge in [-0.05, 0) is 24.6 Å². The largest absolute Gasteiger partial charge is 0.311 e. The molecule has 1 N–H and O–H groups in total. The van der Waals surface area contributed by atoms with E-state index in [-0.39, 0.29) is 5.91 Å². The molecule has 0 bridgehead atoms. The van der Waals surface area contributed by atoms with Gasteiger partial charge in [-0.25, -0.2) is 10.0 Å². The molecule has 16 heavy (non-hydrogen) atoms. The lowest BCUT2D eigenvalue weighted by molar-refractivity contribution is -0.0760. The van der Waals surface area contributed by atoms with Crippen LogP contribution >= 0.6 is 0 Å². The molecule has 0 aliphatic carbocycles. The van der Waals surface area contributed by atoms with E-state index in [9.17, 15) is 4.79 Å². The Hall–Kier alpha value is -1.46. The predicted molar refractivity (Wildman–Crippen MR) is 58.8 cm³/mol. The molecule has 1 aliphatic heterocycles. The zero-order valence-corrected chi connectivity index (χ0v) is 9.49. The van der Waals surface area contributed by atoms with Gasteiger partial charge in [0.25, 0.3) is 5.91 Å². The fraction of sp³-hybridized carbons (Fsp3) is 0.455. The molecule has 1 aromatic rings. The van der Waals surface area contributed by atoms with Crippen molar-refractivity contribution in [1.82, 2.24) is 15.4 Å². The number of amides is 1. The van der Waals surface area contributed by atoms with Crippen LogP contribution in [0.25, 0.3) is 0 Å². The summed E-state index contributed by atoms with van der Waals surface area (Å²) in [6.45, 7) is 1.70. The fourth-order valence-electron chi connectivity index (χ4n) is 1.70. The summed E-state index contributed by atoms with van der Waals surface area (Å²) in [4.78, 5) is 21.0. The third kappa shape index (κ3) is 2.05. The predicted octanol–water partition coefficient (Wildman–Crippen LogP) is 0.361. The van der Waals surface area contributed by atoms with Crippen LogP contribution in [0.5, 0.6) is 0 Å². The van der Waals surface area contributed by atoms with Crippen molar-refractivity contribution in [1.29, 1.82) is 0 Å². The van der Waals surface area contributed by atoms with Crippen molar-refractivity contribution in [2.75, 3.05) is 20.7 Å². The number of rotatable bonds is 2. The highest BCUT2D eigenvalue weighted by Gasteiger charge is 2.16. The van der Waals surface area contributed by atoms with Crippen LogP contribution in [-0.4, -0.2) is 36.7 Å². The van der Waals surface area contributed by atoms with Crippen LogP contribution < -0.4 is 5.32 Å². The maximum atomic E-state index is 11.8. The van der Waals surface area contributed by atoms with Crippen molar-refractivity contribution in [3.63, 3.8) is 0 Å². The first kappa shape index (κ1) is 11.0. The van der Waals surface area contributed by atoms with E-state index in [0.29, 0.717) is 5.69 Å². The second kappa shape index (κ2) is 4.59. The molecule has 0 spiro atoms. The lowest BCUT2D eigenvalue weighted by Gasteiger charge is -2.18. The number of hydroxylamine groups is 2. The van der Waals surface area contributed by atoms with Gasteiger partial charge in [0.2, 0.25) is 0 Å². The monoisotopic (exact) mass is 221 g/mol. The van der Waals surface area contributed by atoms with Crippen LogP contribution in [0.4, 0.5) is 0 Å². The van der Waals surface area contributed by atoms with Gasteiger partial charge in [-0.1, -0.05) is 6.07 Å². The molecule has 0 fully saturated rings. The van der Waals surface area contributed by atoms with E-state index in [1.807, 2.05) is 6.07 Å². The van der Waals surface area contributed by atoms with E-state index in [1.165, 1.54) is 17.7 Å². The van der Waals surface area contributed by atoms with Crippen molar-refractivity contribution in [3.05, 3.63) is 29.1 Å². The first-order chi connectivity index (χ1) is 7.72. The Labute approximate surface area is 94.4 Å². The molecule has 5 heteroatoms. The number of aromatic nitrogens is 1. The van der Waals surface area contributed by atoms with E-state index < -0.39 is 0 Å². The summed E-state index contributed by atoms with van der Waals surface area (Å²) < 4.78 is 0. The first-order valence-electron chi connectivity index (χ1n) is 5.24. The van der Waals surface area contributed by atoms with E-state index in [4.69, 9.17) is 4.84 Å². The average molecular weight is 221 g/mol. The number of nitrogens with one attached hydrogen (secondary N) is 1. The molecule has 5 nitrogen and oxygen atoms in total. The third-order valence-electron chi connectivity index (χ3n) is 2.71. The summed E-state index contributed by atoms with van der Waals surface area (Å²) in [7, 11) is 3.03. The van der Waals surface area contributed by atoms with Crippen LogP contribution in [0.2, 0.25) is 0 Å². The van der Waals surface area contributed by atoms with E-state index in [0.717, 1.165) is 25.2 Å². The number of carbonyl (C=O) groups is 1. The summed E-state index contributed by atoms with van der Waals surface area (Å²) >= 11 is 0. The highest BCUT2D eigenvalue weighted by molar-refractivity contribution is 5.91. The minimum absolute atomic E-state index is 0.226. The van der Waals surface area contributed by atoms with Crippen LogP contribution in [0, 0.1) is 0 Å². The fourth-order valence-corrected chi connectivity index (χ4v) is 1.70. The Bertz CT molecular complexity index is 406. The normalized spacial score (nSPS) is 14.4. The highest BCUT2D eigenvalue weighted by atomic mass is 16.7. The van der Waals surface area contributed by atoms with Gasteiger partial charge >= 0.3 is 0 Å². The van der Waals surface area contributed by atoms with E-state index >= 15 is 0 Å². The molecular formula is C11H15N3O2. The molecule has 1 aromatic heterocycles. The molecular weight excluding hydrogens is 206 g/mol. The van der Waals surface area contributed by atoms with Crippen molar-refractivity contribution in [2.45, 2.75) is 13.0 Å². The molecule has 0 saturated heterocycles. The van der Waals surface area contributed by atoms with Crippen molar-refractivity contribution < 1.29 is 9.63 Å².